The van der Waals surface area contributed by atoms with Crippen molar-refractivity contribution in [3.8, 4) is 5.69 Å². The number of aldehydes is 1. The number of carbonyl (C=O) groups excluding carboxylic acids is 2. The van der Waals surface area contributed by atoms with Crippen molar-refractivity contribution in [1.29, 1.82) is 0 Å². The quantitative estimate of drug-likeness (QED) is 0.579. The average molecular weight is 214 g/mol. The molecule has 4 heteroatoms. The van der Waals surface area contributed by atoms with E-state index in [0.717, 1.165) is 5.69 Å². The second kappa shape index (κ2) is 4.10. The number of imidazole rings is 1. The van der Waals surface area contributed by atoms with Gasteiger partial charge in [-0.1, -0.05) is 0 Å². The molecule has 0 unspecified atom stereocenters. The number of ketones is 1. The minimum atomic E-state index is 0.0211. The van der Waals surface area contributed by atoms with E-state index < -0.39 is 0 Å². The van der Waals surface area contributed by atoms with Crippen LogP contribution in [0, 0.1) is 0 Å². The standard InChI is InChI=1S/C12H10N2O2/c1-9(16)10-2-4-11(5-3-10)14-7-6-13-12(14)8-15/h2-8H,1H3. The molecule has 1 heterocycles. The van der Waals surface area contributed by atoms with E-state index in [1.165, 1.54) is 6.92 Å². The van der Waals surface area contributed by atoms with Crippen molar-refractivity contribution in [3.63, 3.8) is 0 Å². The van der Waals surface area contributed by atoms with Gasteiger partial charge in [-0.25, -0.2) is 4.98 Å². The number of hydrogen-bond donors (Lipinski definition) is 0. The smallest absolute Gasteiger partial charge is 0.185 e. The van der Waals surface area contributed by atoms with Crippen molar-refractivity contribution >= 4 is 12.1 Å². The molecule has 0 aliphatic carbocycles. The average Bonchev–Trinajstić information content (AvgIpc) is 2.77. The number of aromatic nitrogens is 2. The van der Waals surface area contributed by atoms with Crippen molar-refractivity contribution < 1.29 is 9.59 Å². The van der Waals surface area contributed by atoms with Crippen LogP contribution >= 0.6 is 0 Å². The summed E-state index contributed by atoms with van der Waals surface area (Å²) in [5.41, 5.74) is 1.46. The van der Waals surface area contributed by atoms with Crippen LogP contribution in [0.1, 0.15) is 27.9 Å². The second-order valence-electron chi connectivity index (χ2n) is 3.38. The summed E-state index contributed by atoms with van der Waals surface area (Å²) in [6.45, 7) is 1.52. The highest BCUT2D eigenvalue weighted by atomic mass is 16.1. The van der Waals surface area contributed by atoms with Gasteiger partial charge >= 0.3 is 0 Å². The van der Waals surface area contributed by atoms with Crippen molar-refractivity contribution in [2.75, 3.05) is 0 Å². The van der Waals surface area contributed by atoms with Crippen LogP contribution in [0.3, 0.4) is 0 Å². The van der Waals surface area contributed by atoms with E-state index >= 15 is 0 Å². The third kappa shape index (κ3) is 1.77. The van der Waals surface area contributed by atoms with Gasteiger partial charge in [0.05, 0.1) is 0 Å². The molecule has 0 aliphatic rings. The first-order chi connectivity index (χ1) is 7.72. The summed E-state index contributed by atoms with van der Waals surface area (Å²) in [6.07, 6.45) is 3.95. The molecule has 0 bridgehead atoms. The lowest BCUT2D eigenvalue weighted by Crippen LogP contribution is -1.99. The molecule has 0 radical (unpaired) electrons. The third-order valence-electron chi connectivity index (χ3n) is 2.33. The first-order valence-corrected chi connectivity index (χ1v) is 4.82. The zero-order valence-corrected chi connectivity index (χ0v) is 8.75. The minimum absolute atomic E-state index is 0.0211. The number of rotatable bonds is 3. The molecule has 0 aliphatic heterocycles. The maximum Gasteiger partial charge on any atom is 0.185 e. The van der Waals surface area contributed by atoms with Crippen molar-refractivity contribution in [1.82, 2.24) is 9.55 Å². The fraction of sp³-hybridized carbons (Fsp3) is 0.0833. The van der Waals surface area contributed by atoms with Crippen LogP contribution in [0.25, 0.3) is 5.69 Å². The van der Waals surface area contributed by atoms with Gasteiger partial charge in [0.2, 0.25) is 0 Å². The van der Waals surface area contributed by atoms with Crippen LogP contribution in [0.15, 0.2) is 36.7 Å². The Morgan fingerprint density at radius 1 is 1.31 bits per heavy atom. The van der Waals surface area contributed by atoms with Crippen LogP contribution in [0.5, 0.6) is 0 Å². The van der Waals surface area contributed by atoms with Gasteiger partial charge < -0.3 is 0 Å². The van der Waals surface area contributed by atoms with Crippen molar-refractivity contribution in [2.45, 2.75) is 6.92 Å². The number of Topliss-reactive ketones (excluding diaryl/α,β-unsaturated/α-hetero) is 1. The monoisotopic (exact) mass is 214 g/mol. The number of hydrogen-bond acceptors (Lipinski definition) is 3. The summed E-state index contributed by atoms with van der Waals surface area (Å²) >= 11 is 0. The maximum absolute atomic E-state index is 11.1. The molecule has 0 atom stereocenters. The normalized spacial score (nSPS) is 10.1. The van der Waals surface area contributed by atoms with Crippen LogP contribution in [-0.4, -0.2) is 21.6 Å². The maximum atomic E-state index is 11.1. The van der Waals surface area contributed by atoms with Gasteiger partial charge in [-0.05, 0) is 31.2 Å². The Balaban J connectivity index is 2.42. The molecule has 0 fully saturated rings. The van der Waals surface area contributed by atoms with E-state index in [2.05, 4.69) is 4.98 Å². The van der Waals surface area contributed by atoms with Gasteiger partial charge in [0.15, 0.2) is 17.9 Å². The lowest BCUT2D eigenvalue weighted by molar-refractivity contribution is 0.101. The van der Waals surface area contributed by atoms with Crippen molar-refractivity contribution in [3.05, 3.63) is 48.0 Å². The molecular weight excluding hydrogens is 204 g/mol. The summed E-state index contributed by atoms with van der Waals surface area (Å²) in [7, 11) is 0. The lowest BCUT2D eigenvalue weighted by atomic mass is 10.1. The first-order valence-electron chi connectivity index (χ1n) is 4.82. The molecule has 2 aromatic rings. The van der Waals surface area contributed by atoms with E-state index in [1.807, 2.05) is 0 Å². The van der Waals surface area contributed by atoms with E-state index in [4.69, 9.17) is 0 Å². The molecule has 0 saturated heterocycles. The lowest BCUT2D eigenvalue weighted by Gasteiger charge is -2.04. The van der Waals surface area contributed by atoms with Gasteiger partial charge in [-0.2, -0.15) is 0 Å². The molecule has 0 N–H and O–H groups in total. The number of carbonyl (C=O) groups is 2. The van der Waals surface area contributed by atoms with Crippen LogP contribution < -0.4 is 0 Å². The molecule has 80 valence electrons. The molecule has 1 aromatic carbocycles. The first kappa shape index (κ1) is 10.3. The Hall–Kier alpha value is -2.23. The predicted octanol–water partition coefficient (Wildman–Crippen LogP) is 1.89. The Bertz CT molecular complexity index is 526. The highest BCUT2D eigenvalue weighted by Crippen LogP contribution is 2.11. The SMILES string of the molecule is CC(=O)c1ccc(-n2ccnc2C=O)cc1. The Morgan fingerprint density at radius 2 is 2.00 bits per heavy atom. The second-order valence-corrected chi connectivity index (χ2v) is 3.38. The Morgan fingerprint density at radius 3 is 2.56 bits per heavy atom. The predicted molar refractivity (Wildman–Crippen MR) is 59.0 cm³/mol. The summed E-state index contributed by atoms with van der Waals surface area (Å²) < 4.78 is 1.66. The molecule has 4 nitrogen and oxygen atoms in total. The molecule has 16 heavy (non-hydrogen) atoms. The molecule has 0 saturated carbocycles. The van der Waals surface area contributed by atoms with Crippen LogP contribution in [-0.2, 0) is 0 Å². The van der Waals surface area contributed by atoms with Gasteiger partial charge in [-0.3, -0.25) is 14.2 Å². The molecule has 0 amide bonds. The zero-order valence-electron chi connectivity index (χ0n) is 8.75. The highest BCUT2D eigenvalue weighted by molar-refractivity contribution is 5.94. The topological polar surface area (TPSA) is 52.0 Å². The van der Waals surface area contributed by atoms with Gasteiger partial charge in [0, 0.05) is 23.6 Å². The Labute approximate surface area is 92.5 Å². The Kier molecular flexibility index (Phi) is 2.64. The molecule has 2 rings (SSSR count). The van der Waals surface area contributed by atoms with Crippen LogP contribution in [0.2, 0.25) is 0 Å². The van der Waals surface area contributed by atoms with E-state index in [0.29, 0.717) is 17.7 Å². The minimum Gasteiger partial charge on any atom is -0.298 e. The van der Waals surface area contributed by atoms with Gasteiger partial charge in [0.25, 0.3) is 0 Å². The fourth-order valence-electron chi connectivity index (χ4n) is 1.48. The third-order valence-corrected chi connectivity index (χ3v) is 2.33. The molecule has 0 spiro atoms. The largest absolute Gasteiger partial charge is 0.298 e. The summed E-state index contributed by atoms with van der Waals surface area (Å²) in [4.78, 5) is 25.7. The summed E-state index contributed by atoms with van der Waals surface area (Å²) in [5, 5.41) is 0. The zero-order chi connectivity index (χ0) is 11.5. The fourth-order valence-corrected chi connectivity index (χ4v) is 1.48. The number of benzene rings is 1. The summed E-state index contributed by atoms with van der Waals surface area (Å²) in [6, 6.07) is 7.02. The van der Waals surface area contributed by atoms with Gasteiger partial charge in [0.1, 0.15) is 0 Å². The van der Waals surface area contributed by atoms with Gasteiger partial charge in [-0.15, -0.1) is 0 Å². The summed E-state index contributed by atoms with van der Waals surface area (Å²) in [5.74, 6) is 0.364. The van der Waals surface area contributed by atoms with E-state index in [9.17, 15) is 9.59 Å². The van der Waals surface area contributed by atoms with Crippen LogP contribution in [0.4, 0.5) is 0 Å². The molecule has 1 aromatic heterocycles. The number of nitrogens with zero attached hydrogens (tertiary/aromatic N) is 2. The highest BCUT2D eigenvalue weighted by Gasteiger charge is 2.04. The molecular formula is C12H10N2O2. The van der Waals surface area contributed by atoms with Crippen molar-refractivity contribution in [2.24, 2.45) is 0 Å². The van der Waals surface area contributed by atoms with E-state index in [1.54, 1.807) is 41.2 Å². The van der Waals surface area contributed by atoms with E-state index in [-0.39, 0.29) is 5.78 Å².